The maximum Gasteiger partial charge on any atom is 0.414 e. The summed E-state index contributed by atoms with van der Waals surface area (Å²) >= 11 is 0. The molecule has 0 atom stereocenters. The predicted octanol–water partition coefficient (Wildman–Crippen LogP) is 2.26. The summed E-state index contributed by atoms with van der Waals surface area (Å²) in [5.74, 6) is 0. The molecule has 0 bridgehead atoms. The quantitative estimate of drug-likeness (QED) is 0.691. The topological polar surface area (TPSA) is 29.5 Å². The summed E-state index contributed by atoms with van der Waals surface area (Å²) in [6.07, 6.45) is -0.729. The zero-order valence-electron chi connectivity index (χ0n) is 13.4. The SMILES string of the molecule is [2H]C([2H])([2H])c1cccc(C([2H])([2H])[2H])c1N1CCOC1=O. The van der Waals surface area contributed by atoms with E-state index in [1.54, 1.807) is 0 Å². The first-order valence-corrected chi connectivity index (χ1v) is 4.20. The summed E-state index contributed by atoms with van der Waals surface area (Å²) < 4.78 is 49.9. The van der Waals surface area contributed by atoms with Gasteiger partial charge in [-0.25, -0.2) is 4.79 Å². The average Bonchev–Trinajstić information content (AvgIpc) is 2.72. The summed E-state index contributed by atoms with van der Waals surface area (Å²) in [5.41, 5.74) is -0.412. The number of hydrogen-bond acceptors (Lipinski definition) is 2. The van der Waals surface area contributed by atoms with Crippen LogP contribution in [0.3, 0.4) is 0 Å². The van der Waals surface area contributed by atoms with Gasteiger partial charge in [0.05, 0.1) is 12.2 Å². The number of carbonyl (C=O) groups excluding carboxylic acids is 1. The number of hydrogen-bond donors (Lipinski definition) is 0. The molecule has 0 aliphatic carbocycles. The van der Waals surface area contributed by atoms with Crippen LogP contribution in [0.4, 0.5) is 10.5 Å². The van der Waals surface area contributed by atoms with Crippen molar-refractivity contribution in [1.29, 1.82) is 0 Å². The fourth-order valence-corrected chi connectivity index (χ4v) is 1.43. The maximum absolute atomic E-state index is 11.7. The highest BCUT2D eigenvalue weighted by Gasteiger charge is 2.25. The maximum atomic E-state index is 11.7. The minimum Gasteiger partial charge on any atom is -0.447 e. The van der Waals surface area contributed by atoms with Gasteiger partial charge < -0.3 is 4.74 Å². The van der Waals surface area contributed by atoms with Crippen LogP contribution in [0, 0.1) is 13.7 Å². The Morgan fingerprint density at radius 3 is 2.64 bits per heavy atom. The van der Waals surface area contributed by atoms with E-state index in [9.17, 15) is 4.79 Å². The lowest BCUT2D eigenvalue weighted by molar-refractivity contribution is 0.181. The summed E-state index contributed by atoms with van der Waals surface area (Å²) in [4.78, 5) is 12.7. The lowest BCUT2D eigenvalue weighted by Crippen LogP contribution is -2.25. The van der Waals surface area contributed by atoms with Crippen LogP contribution in [0.5, 0.6) is 0 Å². The molecule has 74 valence electrons. The van der Waals surface area contributed by atoms with Gasteiger partial charge in [-0.3, -0.25) is 4.90 Å². The molecule has 1 aliphatic rings. The molecule has 0 unspecified atom stereocenters. The van der Waals surface area contributed by atoms with Gasteiger partial charge in [-0.05, 0) is 24.8 Å². The first-order valence-electron chi connectivity index (χ1n) is 7.20. The third kappa shape index (κ3) is 1.35. The zero-order valence-corrected chi connectivity index (χ0v) is 7.41. The van der Waals surface area contributed by atoms with E-state index in [1.165, 1.54) is 18.2 Å². The largest absolute Gasteiger partial charge is 0.447 e. The second-order valence-electron chi connectivity index (χ2n) is 2.97. The Kier molecular flexibility index (Phi) is 1.03. The van der Waals surface area contributed by atoms with E-state index in [2.05, 4.69) is 0 Å². The Morgan fingerprint density at radius 2 is 2.14 bits per heavy atom. The summed E-state index contributed by atoms with van der Waals surface area (Å²) in [6, 6.07) is 3.99. The predicted molar refractivity (Wildman–Crippen MR) is 54.6 cm³/mol. The van der Waals surface area contributed by atoms with Crippen molar-refractivity contribution in [2.24, 2.45) is 0 Å². The molecule has 0 saturated carbocycles. The fourth-order valence-electron chi connectivity index (χ4n) is 1.43. The van der Waals surface area contributed by atoms with E-state index in [-0.39, 0.29) is 30.0 Å². The van der Waals surface area contributed by atoms with Gasteiger partial charge in [0.2, 0.25) is 0 Å². The first kappa shape index (κ1) is 4.34. The number of anilines is 1. The molecule has 1 fully saturated rings. The average molecular weight is 197 g/mol. The van der Waals surface area contributed by atoms with Crippen LogP contribution in [-0.2, 0) is 4.74 Å². The van der Waals surface area contributed by atoms with Gasteiger partial charge in [0.1, 0.15) is 6.61 Å². The third-order valence-electron chi connectivity index (χ3n) is 2.07. The molecule has 3 heteroatoms. The Morgan fingerprint density at radius 1 is 1.43 bits per heavy atom. The van der Waals surface area contributed by atoms with Crippen LogP contribution in [0.1, 0.15) is 19.4 Å². The third-order valence-corrected chi connectivity index (χ3v) is 2.07. The van der Waals surface area contributed by atoms with Crippen molar-refractivity contribution in [3.05, 3.63) is 29.3 Å². The second-order valence-corrected chi connectivity index (χ2v) is 2.97. The van der Waals surface area contributed by atoms with Crippen LogP contribution in [-0.4, -0.2) is 19.2 Å². The van der Waals surface area contributed by atoms with Crippen molar-refractivity contribution in [2.75, 3.05) is 18.1 Å². The highest BCUT2D eigenvalue weighted by Crippen LogP contribution is 2.26. The molecule has 1 saturated heterocycles. The molecule has 1 aromatic rings. The number of para-hydroxylation sites is 1. The van der Waals surface area contributed by atoms with Gasteiger partial charge >= 0.3 is 6.09 Å². The van der Waals surface area contributed by atoms with Crippen LogP contribution in [0.25, 0.3) is 0 Å². The van der Waals surface area contributed by atoms with Crippen molar-refractivity contribution >= 4 is 11.8 Å². The number of aryl methyl sites for hydroxylation is 2. The smallest absolute Gasteiger partial charge is 0.414 e. The normalized spacial score (nSPS) is 24.0. The van der Waals surface area contributed by atoms with E-state index in [4.69, 9.17) is 13.0 Å². The highest BCUT2D eigenvalue weighted by atomic mass is 16.6. The van der Waals surface area contributed by atoms with Crippen molar-refractivity contribution in [2.45, 2.75) is 13.7 Å². The number of ether oxygens (including phenoxy) is 1. The Labute approximate surface area is 91.7 Å². The number of benzene rings is 1. The van der Waals surface area contributed by atoms with E-state index < -0.39 is 19.8 Å². The molecule has 0 radical (unpaired) electrons. The molecule has 0 N–H and O–H groups in total. The molecular weight excluding hydrogens is 178 g/mol. The summed E-state index contributed by atoms with van der Waals surface area (Å²) in [6.45, 7) is -4.79. The molecule has 1 amide bonds. The molecule has 1 aliphatic heterocycles. The van der Waals surface area contributed by atoms with Gasteiger partial charge in [0, 0.05) is 8.22 Å². The van der Waals surface area contributed by atoms with Crippen molar-refractivity contribution in [1.82, 2.24) is 0 Å². The Bertz CT molecular complexity index is 504. The number of nitrogens with zero attached hydrogens (tertiary/aromatic N) is 1. The number of rotatable bonds is 1. The monoisotopic (exact) mass is 197 g/mol. The molecule has 14 heavy (non-hydrogen) atoms. The highest BCUT2D eigenvalue weighted by molar-refractivity contribution is 5.91. The second kappa shape index (κ2) is 3.33. The Hall–Kier alpha value is -1.51. The molecular formula is C11H13NO2. The number of amides is 1. The van der Waals surface area contributed by atoms with E-state index in [0.717, 1.165) is 4.90 Å². The van der Waals surface area contributed by atoms with Gasteiger partial charge in [-0.1, -0.05) is 18.2 Å². The summed E-state index contributed by atoms with van der Waals surface area (Å²) in [7, 11) is 0. The van der Waals surface area contributed by atoms with Gasteiger partial charge in [-0.15, -0.1) is 0 Å². The Balaban J connectivity index is 2.69. The first-order chi connectivity index (χ1) is 9.12. The van der Waals surface area contributed by atoms with Crippen LogP contribution in [0.15, 0.2) is 18.2 Å². The van der Waals surface area contributed by atoms with Gasteiger partial charge in [-0.2, -0.15) is 0 Å². The van der Waals surface area contributed by atoms with Crippen LogP contribution in [0.2, 0.25) is 0 Å². The van der Waals surface area contributed by atoms with Crippen LogP contribution < -0.4 is 4.90 Å². The van der Waals surface area contributed by atoms with Gasteiger partial charge in [0.25, 0.3) is 0 Å². The molecule has 3 nitrogen and oxygen atoms in total. The van der Waals surface area contributed by atoms with E-state index in [0.29, 0.717) is 0 Å². The minimum absolute atomic E-state index is 0.0880. The van der Waals surface area contributed by atoms with Crippen molar-refractivity contribution < 1.29 is 17.8 Å². The molecule has 1 heterocycles. The van der Waals surface area contributed by atoms with E-state index >= 15 is 0 Å². The lowest BCUT2D eigenvalue weighted by atomic mass is 10.1. The lowest BCUT2D eigenvalue weighted by Gasteiger charge is -2.17. The van der Waals surface area contributed by atoms with Crippen LogP contribution >= 0.6 is 0 Å². The number of cyclic esters (lactones) is 1. The molecule has 0 aromatic heterocycles. The summed E-state index contributed by atoms with van der Waals surface area (Å²) in [5, 5.41) is 0. The number of carbonyl (C=O) groups is 1. The fraction of sp³-hybridized carbons (Fsp3) is 0.364. The zero-order chi connectivity index (χ0) is 15.1. The minimum atomic E-state index is -2.51. The standard InChI is InChI=1S/C11H13NO2/c1-8-4-3-5-9(2)10(8)12-6-7-14-11(12)13/h3-5H,6-7H2,1-2H3/i1D3,2D3. The van der Waals surface area contributed by atoms with Crippen molar-refractivity contribution in [3.8, 4) is 0 Å². The molecule has 2 rings (SSSR count). The van der Waals surface area contributed by atoms with Crippen molar-refractivity contribution in [3.63, 3.8) is 0 Å². The molecule has 1 aromatic carbocycles. The molecule has 0 spiro atoms. The van der Waals surface area contributed by atoms with Gasteiger partial charge in [0.15, 0.2) is 0 Å². The van der Waals surface area contributed by atoms with E-state index in [1.807, 2.05) is 0 Å².